The first-order valence-electron chi connectivity index (χ1n) is 8.20. The third-order valence-electron chi connectivity index (χ3n) is 3.54. The van der Waals surface area contributed by atoms with Gasteiger partial charge in [0.05, 0.1) is 18.8 Å². The van der Waals surface area contributed by atoms with Crippen molar-refractivity contribution in [1.82, 2.24) is 5.43 Å². The monoisotopic (exact) mass is 402 g/mol. The van der Waals surface area contributed by atoms with Crippen LogP contribution in [0.5, 0.6) is 5.75 Å². The van der Waals surface area contributed by atoms with Gasteiger partial charge in [-0.05, 0) is 55.3 Å². The van der Waals surface area contributed by atoms with Crippen LogP contribution in [0.1, 0.15) is 28.4 Å². The largest absolute Gasteiger partial charge is 0.545 e. The summed E-state index contributed by atoms with van der Waals surface area (Å²) in [4.78, 5) is 34.8. The molecule has 0 aliphatic rings. The molecule has 0 unspecified atom stereocenters. The van der Waals surface area contributed by atoms with Crippen molar-refractivity contribution in [2.24, 2.45) is 5.10 Å². The first kappa shape index (κ1) is 20.9. The van der Waals surface area contributed by atoms with Gasteiger partial charge in [0, 0.05) is 16.3 Å². The number of carboxylic acids is 1. The van der Waals surface area contributed by atoms with Crippen molar-refractivity contribution in [1.29, 1.82) is 0 Å². The summed E-state index contributed by atoms with van der Waals surface area (Å²) in [7, 11) is 0. The first-order valence-corrected chi connectivity index (χ1v) is 8.58. The normalized spacial score (nSPS) is 10.5. The van der Waals surface area contributed by atoms with E-state index in [4.69, 9.17) is 16.3 Å². The Bertz CT molecular complexity index is 943. The average molecular weight is 403 g/mol. The number of ether oxygens (including phenoxy) is 1. The molecular weight excluding hydrogens is 386 g/mol. The maximum atomic E-state index is 11.9. The van der Waals surface area contributed by atoms with Gasteiger partial charge in [-0.3, -0.25) is 9.59 Å². The Morgan fingerprint density at radius 3 is 2.57 bits per heavy atom. The minimum atomic E-state index is -1.40. The van der Waals surface area contributed by atoms with Crippen LogP contribution in [0, 0.1) is 6.92 Å². The molecule has 0 fully saturated rings. The van der Waals surface area contributed by atoms with Gasteiger partial charge < -0.3 is 20.0 Å². The first-order chi connectivity index (χ1) is 13.3. The Labute approximate surface area is 166 Å². The van der Waals surface area contributed by atoms with Crippen LogP contribution in [0.2, 0.25) is 5.02 Å². The average Bonchev–Trinajstić information content (AvgIpc) is 2.65. The lowest BCUT2D eigenvalue weighted by Gasteiger charge is -2.11. The fourth-order valence-electron chi connectivity index (χ4n) is 2.14. The quantitative estimate of drug-likeness (QED) is 0.431. The molecule has 0 spiro atoms. The van der Waals surface area contributed by atoms with Crippen LogP contribution in [0.4, 0.5) is 5.69 Å². The number of amides is 2. The third-order valence-corrected chi connectivity index (χ3v) is 3.95. The van der Waals surface area contributed by atoms with Crippen LogP contribution in [0.3, 0.4) is 0 Å². The molecule has 9 heteroatoms. The van der Waals surface area contributed by atoms with Gasteiger partial charge in [-0.15, -0.1) is 0 Å². The Hall–Kier alpha value is -3.39. The number of halogens is 1. The lowest BCUT2D eigenvalue weighted by molar-refractivity contribution is -0.255. The van der Waals surface area contributed by atoms with Crippen molar-refractivity contribution in [2.75, 3.05) is 11.9 Å². The second-order valence-electron chi connectivity index (χ2n) is 5.59. The number of hydrogen-bond acceptors (Lipinski definition) is 6. The Morgan fingerprint density at radius 1 is 1.18 bits per heavy atom. The number of hydrazone groups is 1. The van der Waals surface area contributed by atoms with E-state index < -0.39 is 17.8 Å². The number of nitrogens with zero attached hydrogens (tertiary/aromatic N) is 1. The molecule has 146 valence electrons. The molecule has 2 rings (SSSR count). The zero-order valence-electron chi connectivity index (χ0n) is 15.1. The molecular formula is C19H17ClN3O5-. The zero-order chi connectivity index (χ0) is 20.7. The zero-order valence-corrected chi connectivity index (χ0v) is 15.9. The summed E-state index contributed by atoms with van der Waals surface area (Å²) >= 11 is 5.96. The number of anilines is 1. The van der Waals surface area contributed by atoms with Crippen LogP contribution in [-0.4, -0.2) is 30.6 Å². The second kappa shape index (κ2) is 9.52. The van der Waals surface area contributed by atoms with Crippen molar-refractivity contribution < 1.29 is 24.2 Å². The predicted molar refractivity (Wildman–Crippen MR) is 102 cm³/mol. The van der Waals surface area contributed by atoms with E-state index in [2.05, 4.69) is 15.8 Å². The topological polar surface area (TPSA) is 120 Å². The molecule has 8 nitrogen and oxygen atoms in total. The van der Waals surface area contributed by atoms with Crippen molar-refractivity contribution in [3.8, 4) is 5.75 Å². The van der Waals surface area contributed by atoms with E-state index in [1.54, 1.807) is 25.1 Å². The van der Waals surface area contributed by atoms with E-state index in [1.807, 2.05) is 6.92 Å². The van der Waals surface area contributed by atoms with E-state index in [-0.39, 0.29) is 11.3 Å². The van der Waals surface area contributed by atoms with E-state index in [0.717, 1.165) is 5.56 Å². The molecule has 0 saturated carbocycles. The molecule has 2 aromatic carbocycles. The van der Waals surface area contributed by atoms with Crippen LogP contribution in [0.25, 0.3) is 0 Å². The molecule has 0 heterocycles. The maximum Gasteiger partial charge on any atom is 0.329 e. The minimum Gasteiger partial charge on any atom is -0.545 e. The number of carboxylic acid groups (broad SMARTS) is 1. The molecule has 0 aromatic heterocycles. The molecule has 0 aliphatic heterocycles. The lowest BCUT2D eigenvalue weighted by Crippen LogP contribution is -2.32. The van der Waals surface area contributed by atoms with Crippen molar-refractivity contribution in [2.45, 2.75) is 13.8 Å². The van der Waals surface area contributed by atoms with Crippen LogP contribution in [0.15, 0.2) is 41.5 Å². The lowest BCUT2D eigenvalue weighted by atomic mass is 10.1. The summed E-state index contributed by atoms with van der Waals surface area (Å²) in [6, 6.07) is 9.11. The van der Waals surface area contributed by atoms with E-state index in [9.17, 15) is 19.5 Å². The van der Waals surface area contributed by atoms with Crippen LogP contribution >= 0.6 is 11.6 Å². The molecule has 0 atom stereocenters. The molecule has 2 aromatic rings. The fourth-order valence-corrected chi connectivity index (χ4v) is 2.32. The Balaban J connectivity index is 2.00. The maximum absolute atomic E-state index is 11.9. The van der Waals surface area contributed by atoms with Crippen molar-refractivity contribution in [3.63, 3.8) is 0 Å². The summed E-state index contributed by atoms with van der Waals surface area (Å²) < 4.78 is 5.20. The smallest absolute Gasteiger partial charge is 0.329 e. The fraction of sp³-hybridized carbons (Fsp3) is 0.158. The van der Waals surface area contributed by atoms with Crippen molar-refractivity contribution >= 4 is 41.3 Å². The van der Waals surface area contributed by atoms with Gasteiger partial charge in [-0.25, -0.2) is 5.43 Å². The Morgan fingerprint density at radius 2 is 1.93 bits per heavy atom. The number of nitrogens with one attached hydrogen (secondary N) is 2. The highest BCUT2D eigenvalue weighted by molar-refractivity contribution is 6.39. The van der Waals surface area contributed by atoms with Crippen LogP contribution < -0.4 is 20.6 Å². The van der Waals surface area contributed by atoms with Gasteiger partial charge in [0.1, 0.15) is 5.75 Å². The molecule has 0 radical (unpaired) electrons. The molecule has 2 amide bonds. The van der Waals surface area contributed by atoms with Gasteiger partial charge in [0.2, 0.25) is 0 Å². The highest BCUT2D eigenvalue weighted by Crippen LogP contribution is 2.20. The summed E-state index contributed by atoms with van der Waals surface area (Å²) in [5.41, 5.74) is 3.48. The van der Waals surface area contributed by atoms with Gasteiger partial charge in [0.15, 0.2) is 0 Å². The highest BCUT2D eigenvalue weighted by atomic mass is 35.5. The van der Waals surface area contributed by atoms with E-state index in [0.29, 0.717) is 22.9 Å². The predicted octanol–water partition coefficient (Wildman–Crippen LogP) is 1.50. The van der Waals surface area contributed by atoms with Gasteiger partial charge in [-0.2, -0.15) is 5.10 Å². The summed E-state index contributed by atoms with van der Waals surface area (Å²) in [6.07, 6.45) is 1.19. The molecule has 28 heavy (non-hydrogen) atoms. The SMILES string of the molecule is CCOc1ccc(/C=N\NC(=O)C(=O)Nc2ccc(C)c(Cl)c2)cc1C(=O)[O-]. The van der Waals surface area contributed by atoms with Crippen molar-refractivity contribution in [3.05, 3.63) is 58.1 Å². The number of aryl methyl sites for hydroxylation is 1. The standard InChI is InChI=1S/C19H18ClN3O5/c1-3-28-16-7-5-12(8-14(16)19(26)27)10-21-23-18(25)17(24)22-13-6-4-11(2)15(20)9-13/h4-10H,3H2,1-2H3,(H,22,24)(H,23,25)(H,26,27)/p-1/b21-10-. The molecule has 0 saturated heterocycles. The molecule has 0 aliphatic carbocycles. The number of hydrogen-bond donors (Lipinski definition) is 2. The van der Waals surface area contributed by atoms with Gasteiger partial charge >= 0.3 is 11.8 Å². The summed E-state index contributed by atoms with van der Waals surface area (Å²) in [5.74, 6) is -3.17. The number of benzene rings is 2. The Kier molecular flexibility index (Phi) is 7.11. The highest BCUT2D eigenvalue weighted by Gasteiger charge is 2.13. The van der Waals surface area contributed by atoms with E-state index in [1.165, 1.54) is 24.4 Å². The molecule has 2 N–H and O–H groups in total. The number of rotatable bonds is 6. The van der Waals surface area contributed by atoms with Gasteiger partial charge in [0.25, 0.3) is 0 Å². The van der Waals surface area contributed by atoms with E-state index >= 15 is 0 Å². The van der Waals surface area contributed by atoms with Gasteiger partial charge in [-0.1, -0.05) is 17.7 Å². The number of carbonyl (C=O) groups excluding carboxylic acids is 3. The number of aromatic carboxylic acids is 1. The summed E-state index contributed by atoms with van der Waals surface area (Å²) in [6.45, 7) is 3.83. The third kappa shape index (κ3) is 5.55. The molecule has 0 bridgehead atoms. The minimum absolute atomic E-state index is 0.147. The summed E-state index contributed by atoms with van der Waals surface area (Å²) in [5, 5.41) is 17.7. The van der Waals surface area contributed by atoms with Crippen LogP contribution in [-0.2, 0) is 9.59 Å². The number of carbonyl (C=O) groups is 3. The second-order valence-corrected chi connectivity index (χ2v) is 6.00.